The number of nitrogens with zero attached hydrogens (tertiary/aromatic N) is 5. The summed E-state index contributed by atoms with van der Waals surface area (Å²) in [5.74, 6) is 0.980. The smallest absolute Gasteiger partial charge is 0.317 e. The molecule has 2 fully saturated rings. The summed E-state index contributed by atoms with van der Waals surface area (Å²) < 4.78 is 37.3. The zero-order valence-electron chi connectivity index (χ0n) is 15.9. The molecular weight excluding hydrogens is 388 g/mol. The maximum atomic E-state index is 12.8. The Morgan fingerprint density at radius 1 is 1.21 bits per heavy atom. The molecule has 12 heteroatoms. The Kier molecular flexibility index (Phi) is 4.62. The normalized spacial score (nSPS) is 21.1. The number of aromatic nitrogens is 3. The van der Waals surface area contributed by atoms with Crippen molar-refractivity contribution >= 4 is 16.1 Å². The lowest BCUT2D eigenvalue weighted by atomic mass is 10.0. The van der Waals surface area contributed by atoms with E-state index in [0.29, 0.717) is 24.0 Å². The standard InChI is InChI=1S/C16H22N6O5S/c1-9-13(10(2)26-19-9)28(24,25)21-7-11(8-21)14-18-15(27-20-14)12-5-4-6-22(12)16(23)17-3/h11-12H,4-8H2,1-3H3,(H,17,23). The molecule has 0 spiro atoms. The molecule has 1 N–H and O–H groups in total. The number of amides is 2. The van der Waals surface area contributed by atoms with Gasteiger partial charge < -0.3 is 19.3 Å². The van der Waals surface area contributed by atoms with Crippen molar-refractivity contribution in [3.05, 3.63) is 23.2 Å². The van der Waals surface area contributed by atoms with Gasteiger partial charge >= 0.3 is 6.03 Å². The number of sulfonamides is 1. The van der Waals surface area contributed by atoms with Gasteiger partial charge in [-0.15, -0.1) is 0 Å². The first kappa shape index (κ1) is 18.9. The second-order valence-corrected chi connectivity index (χ2v) is 8.94. The molecular formula is C16H22N6O5S. The highest BCUT2D eigenvalue weighted by Crippen LogP contribution is 2.35. The number of urea groups is 1. The highest BCUT2D eigenvalue weighted by molar-refractivity contribution is 7.89. The van der Waals surface area contributed by atoms with Crippen molar-refractivity contribution in [1.82, 2.24) is 29.8 Å². The predicted molar refractivity (Wildman–Crippen MR) is 94.9 cm³/mol. The van der Waals surface area contributed by atoms with E-state index in [1.165, 1.54) is 4.31 Å². The van der Waals surface area contributed by atoms with Crippen LogP contribution < -0.4 is 5.32 Å². The van der Waals surface area contributed by atoms with Crippen molar-refractivity contribution < 1.29 is 22.3 Å². The average molecular weight is 410 g/mol. The number of rotatable bonds is 4. The SMILES string of the molecule is CNC(=O)N1CCCC1c1nc(C2CN(S(=O)(=O)c3c(C)noc3C)C2)no1. The van der Waals surface area contributed by atoms with Gasteiger partial charge in [-0.25, -0.2) is 13.2 Å². The summed E-state index contributed by atoms with van der Waals surface area (Å²) in [4.78, 5) is 18.2. The fourth-order valence-electron chi connectivity index (χ4n) is 3.73. The second-order valence-electron chi connectivity index (χ2n) is 7.07. The zero-order valence-corrected chi connectivity index (χ0v) is 16.7. The van der Waals surface area contributed by atoms with Gasteiger partial charge in [0.15, 0.2) is 11.6 Å². The highest BCUT2D eigenvalue weighted by Gasteiger charge is 2.43. The van der Waals surface area contributed by atoms with Crippen LogP contribution in [0.5, 0.6) is 0 Å². The van der Waals surface area contributed by atoms with Crippen molar-refractivity contribution in [2.75, 3.05) is 26.7 Å². The summed E-state index contributed by atoms with van der Waals surface area (Å²) in [5.41, 5.74) is 0.346. The van der Waals surface area contributed by atoms with Gasteiger partial charge in [-0.1, -0.05) is 10.3 Å². The molecule has 0 bridgehead atoms. The molecule has 11 nitrogen and oxygen atoms in total. The molecule has 28 heavy (non-hydrogen) atoms. The Morgan fingerprint density at radius 3 is 2.61 bits per heavy atom. The van der Waals surface area contributed by atoms with Crippen molar-refractivity contribution in [1.29, 1.82) is 0 Å². The van der Waals surface area contributed by atoms with E-state index < -0.39 is 10.0 Å². The number of aryl methyl sites for hydroxylation is 2. The molecule has 0 saturated carbocycles. The van der Waals surface area contributed by atoms with E-state index in [-0.39, 0.29) is 41.7 Å². The van der Waals surface area contributed by atoms with Crippen LogP contribution in [0.2, 0.25) is 0 Å². The largest absolute Gasteiger partial charge is 0.360 e. The van der Waals surface area contributed by atoms with E-state index in [4.69, 9.17) is 9.05 Å². The highest BCUT2D eigenvalue weighted by atomic mass is 32.2. The molecule has 152 valence electrons. The summed E-state index contributed by atoms with van der Waals surface area (Å²) in [6.07, 6.45) is 1.62. The molecule has 0 radical (unpaired) electrons. The predicted octanol–water partition coefficient (Wildman–Crippen LogP) is 0.939. The van der Waals surface area contributed by atoms with Gasteiger partial charge in [0.1, 0.15) is 16.6 Å². The molecule has 2 amide bonds. The third-order valence-corrected chi connectivity index (χ3v) is 7.33. The average Bonchev–Trinajstić information content (AvgIpc) is 3.32. The molecule has 0 aliphatic carbocycles. The Labute approximate surface area is 162 Å². The van der Waals surface area contributed by atoms with Gasteiger partial charge in [-0.05, 0) is 26.7 Å². The van der Waals surface area contributed by atoms with Gasteiger partial charge in [0.05, 0.1) is 5.92 Å². The van der Waals surface area contributed by atoms with E-state index in [1.54, 1.807) is 25.8 Å². The van der Waals surface area contributed by atoms with Crippen molar-refractivity contribution in [3.63, 3.8) is 0 Å². The molecule has 2 aliphatic heterocycles. The Balaban J connectivity index is 1.45. The summed E-state index contributed by atoms with van der Waals surface area (Å²) >= 11 is 0. The van der Waals surface area contributed by atoms with Crippen molar-refractivity contribution in [3.8, 4) is 0 Å². The first-order valence-electron chi connectivity index (χ1n) is 9.07. The van der Waals surface area contributed by atoms with Gasteiger partial charge in [0, 0.05) is 26.7 Å². The van der Waals surface area contributed by atoms with Crippen LogP contribution in [0.25, 0.3) is 0 Å². The number of hydrogen-bond donors (Lipinski definition) is 1. The monoisotopic (exact) mass is 410 g/mol. The van der Waals surface area contributed by atoms with Crippen LogP contribution in [0, 0.1) is 13.8 Å². The second kappa shape index (κ2) is 6.85. The Bertz CT molecular complexity index is 974. The molecule has 0 aromatic carbocycles. The maximum absolute atomic E-state index is 12.8. The minimum absolute atomic E-state index is 0.118. The van der Waals surface area contributed by atoms with E-state index in [1.807, 2.05) is 0 Å². The lowest BCUT2D eigenvalue weighted by Gasteiger charge is -2.35. The van der Waals surface area contributed by atoms with Crippen molar-refractivity contribution in [2.24, 2.45) is 0 Å². The lowest BCUT2D eigenvalue weighted by molar-refractivity contribution is 0.182. The van der Waals surface area contributed by atoms with Gasteiger partial charge in [0.2, 0.25) is 15.9 Å². The fourth-order valence-corrected chi connectivity index (χ4v) is 5.55. The molecule has 2 aromatic heterocycles. The molecule has 2 aromatic rings. The van der Waals surface area contributed by atoms with Gasteiger partial charge in [0.25, 0.3) is 0 Å². The molecule has 4 heterocycles. The quantitative estimate of drug-likeness (QED) is 0.787. The molecule has 1 atom stereocenters. The van der Waals surface area contributed by atoms with E-state index in [0.717, 1.165) is 12.8 Å². The molecule has 2 saturated heterocycles. The van der Waals surface area contributed by atoms with Crippen molar-refractivity contribution in [2.45, 2.75) is 43.5 Å². The van der Waals surface area contributed by atoms with Crippen LogP contribution in [0.1, 0.15) is 48.0 Å². The van der Waals surface area contributed by atoms with Gasteiger partial charge in [-0.3, -0.25) is 0 Å². The maximum Gasteiger partial charge on any atom is 0.317 e. The zero-order chi connectivity index (χ0) is 20.1. The first-order chi connectivity index (χ1) is 13.3. The van der Waals surface area contributed by atoms with E-state index in [2.05, 4.69) is 20.6 Å². The molecule has 4 rings (SSSR count). The summed E-state index contributed by atoms with van der Waals surface area (Å²) in [7, 11) is -2.08. The lowest BCUT2D eigenvalue weighted by Crippen LogP contribution is -2.48. The van der Waals surface area contributed by atoms with E-state index >= 15 is 0 Å². The molecule has 2 aliphatic rings. The number of nitrogens with one attached hydrogen (secondary N) is 1. The fraction of sp³-hybridized carbons (Fsp3) is 0.625. The third-order valence-electron chi connectivity index (χ3n) is 5.25. The number of carbonyl (C=O) groups excluding carboxylic acids is 1. The van der Waals surface area contributed by atoms with Crippen LogP contribution in [0.4, 0.5) is 4.79 Å². The number of hydrogen-bond acceptors (Lipinski definition) is 8. The van der Waals surface area contributed by atoms with Crippen LogP contribution in [0.3, 0.4) is 0 Å². The first-order valence-corrected chi connectivity index (χ1v) is 10.5. The Hall–Kier alpha value is -2.47. The van der Waals surface area contributed by atoms with E-state index in [9.17, 15) is 13.2 Å². The summed E-state index contributed by atoms with van der Waals surface area (Å²) in [5, 5.41) is 10.4. The molecule has 1 unspecified atom stereocenters. The number of carbonyl (C=O) groups is 1. The minimum atomic E-state index is -3.66. The van der Waals surface area contributed by atoms with Crippen LogP contribution >= 0.6 is 0 Å². The third kappa shape index (κ3) is 2.96. The number of likely N-dealkylation sites (tertiary alicyclic amines) is 1. The summed E-state index contributed by atoms with van der Waals surface area (Å²) in [6, 6.07) is -0.425. The summed E-state index contributed by atoms with van der Waals surface area (Å²) in [6.45, 7) is 4.33. The Morgan fingerprint density at radius 2 is 1.96 bits per heavy atom. The van der Waals surface area contributed by atoms with Crippen LogP contribution in [0.15, 0.2) is 13.9 Å². The van der Waals surface area contributed by atoms with Gasteiger partial charge in [-0.2, -0.15) is 9.29 Å². The minimum Gasteiger partial charge on any atom is -0.360 e. The topological polar surface area (TPSA) is 135 Å². The van der Waals surface area contributed by atoms with Crippen LogP contribution in [-0.2, 0) is 10.0 Å². The van der Waals surface area contributed by atoms with Crippen LogP contribution in [-0.4, -0.2) is 65.6 Å².